The van der Waals surface area contributed by atoms with Gasteiger partial charge in [-0.05, 0) is 42.8 Å². The summed E-state index contributed by atoms with van der Waals surface area (Å²) in [5.74, 6) is 1.62. The van der Waals surface area contributed by atoms with Gasteiger partial charge < -0.3 is 9.14 Å². The maximum atomic E-state index is 5.22. The van der Waals surface area contributed by atoms with Crippen molar-refractivity contribution >= 4 is 17.4 Å². The molecule has 0 unspecified atom stereocenters. The number of thioether (sulfide) groups is 1. The zero-order valence-corrected chi connectivity index (χ0v) is 14.9. The summed E-state index contributed by atoms with van der Waals surface area (Å²) < 4.78 is 9.36. The largest absolute Gasteiger partial charge is 0.497 e. The van der Waals surface area contributed by atoms with Crippen LogP contribution in [0.4, 0.5) is 0 Å². The van der Waals surface area contributed by atoms with Gasteiger partial charge in [-0.1, -0.05) is 17.8 Å². The van der Waals surface area contributed by atoms with Crippen molar-refractivity contribution in [2.75, 3.05) is 7.11 Å². The Morgan fingerprint density at radius 3 is 2.72 bits per heavy atom. The molecule has 0 N–H and O–H groups in total. The third kappa shape index (κ3) is 3.25. The van der Waals surface area contributed by atoms with Gasteiger partial charge in [-0.3, -0.25) is 4.57 Å². The molecule has 4 rings (SSSR count). The molecule has 0 spiro atoms. The van der Waals surface area contributed by atoms with Gasteiger partial charge in [-0.2, -0.15) is 0 Å². The molecule has 25 heavy (non-hydrogen) atoms. The third-order valence-corrected chi connectivity index (χ3v) is 4.96. The number of methoxy groups -OCH3 is 1. The van der Waals surface area contributed by atoms with Crippen LogP contribution in [0, 0.1) is 6.92 Å². The molecule has 126 valence electrons. The SMILES string of the molecule is COc1ccc(-n2ccnc2SCc2cn3cc(C)ccc3n2)cc1. The fraction of sp³-hybridized carbons (Fsp3) is 0.158. The van der Waals surface area contributed by atoms with Crippen LogP contribution in [0.2, 0.25) is 0 Å². The Labute approximate surface area is 150 Å². The van der Waals surface area contributed by atoms with Gasteiger partial charge in [0.05, 0.1) is 12.8 Å². The van der Waals surface area contributed by atoms with Gasteiger partial charge in [0, 0.05) is 36.2 Å². The molecule has 3 aromatic heterocycles. The van der Waals surface area contributed by atoms with Crippen LogP contribution < -0.4 is 4.74 Å². The van der Waals surface area contributed by atoms with Gasteiger partial charge in [-0.25, -0.2) is 9.97 Å². The Hall–Kier alpha value is -2.73. The number of hydrogen-bond acceptors (Lipinski definition) is 4. The molecule has 0 saturated heterocycles. The quantitative estimate of drug-likeness (QED) is 0.508. The van der Waals surface area contributed by atoms with Gasteiger partial charge in [0.15, 0.2) is 5.16 Å². The van der Waals surface area contributed by atoms with Gasteiger partial charge in [0.25, 0.3) is 0 Å². The van der Waals surface area contributed by atoms with Gasteiger partial charge in [-0.15, -0.1) is 0 Å². The van der Waals surface area contributed by atoms with E-state index in [1.54, 1.807) is 18.9 Å². The summed E-state index contributed by atoms with van der Waals surface area (Å²) >= 11 is 1.68. The Balaban J connectivity index is 1.53. The number of hydrogen-bond donors (Lipinski definition) is 0. The lowest BCUT2D eigenvalue weighted by atomic mass is 10.3. The fourth-order valence-electron chi connectivity index (χ4n) is 2.70. The van der Waals surface area contributed by atoms with Crippen LogP contribution in [0.3, 0.4) is 0 Å². The van der Waals surface area contributed by atoms with E-state index in [1.807, 2.05) is 42.7 Å². The normalized spacial score (nSPS) is 11.1. The first-order chi connectivity index (χ1) is 12.2. The van der Waals surface area contributed by atoms with E-state index in [4.69, 9.17) is 4.74 Å². The molecule has 0 amide bonds. The first-order valence-corrected chi connectivity index (χ1v) is 8.96. The zero-order chi connectivity index (χ0) is 17.2. The maximum absolute atomic E-state index is 5.22. The summed E-state index contributed by atoms with van der Waals surface area (Å²) in [6.45, 7) is 2.08. The first-order valence-electron chi connectivity index (χ1n) is 7.98. The van der Waals surface area contributed by atoms with Gasteiger partial charge in [0.2, 0.25) is 0 Å². The van der Waals surface area contributed by atoms with Crippen molar-refractivity contribution in [2.24, 2.45) is 0 Å². The lowest BCUT2D eigenvalue weighted by Crippen LogP contribution is -1.95. The molecule has 1 aromatic carbocycles. The highest BCUT2D eigenvalue weighted by Crippen LogP contribution is 2.25. The van der Waals surface area contributed by atoms with E-state index in [9.17, 15) is 0 Å². The van der Waals surface area contributed by atoms with Crippen LogP contribution in [-0.2, 0) is 5.75 Å². The number of pyridine rings is 1. The maximum Gasteiger partial charge on any atom is 0.172 e. The average Bonchev–Trinajstić information content (AvgIpc) is 3.26. The Bertz CT molecular complexity index is 1000. The van der Waals surface area contributed by atoms with Crippen LogP contribution in [0.1, 0.15) is 11.3 Å². The van der Waals surface area contributed by atoms with E-state index in [0.717, 1.165) is 33.7 Å². The van der Waals surface area contributed by atoms with Crippen molar-refractivity contribution in [1.82, 2.24) is 18.9 Å². The molecule has 0 fully saturated rings. The number of rotatable bonds is 5. The number of benzene rings is 1. The van der Waals surface area contributed by atoms with Crippen LogP contribution in [0.15, 0.2) is 66.3 Å². The first kappa shape index (κ1) is 15.8. The molecular formula is C19H18N4OS. The second kappa shape index (κ2) is 6.64. The van der Waals surface area contributed by atoms with Crippen molar-refractivity contribution in [3.8, 4) is 11.4 Å². The number of nitrogens with zero attached hydrogens (tertiary/aromatic N) is 4. The van der Waals surface area contributed by atoms with E-state index in [0.29, 0.717) is 0 Å². The molecule has 5 nitrogen and oxygen atoms in total. The highest BCUT2D eigenvalue weighted by Gasteiger charge is 2.08. The van der Waals surface area contributed by atoms with E-state index < -0.39 is 0 Å². The van der Waals surface area contributed by atoms with Crippen molar-refractivity contribution < 1.29 is 4.74 Å². The molecule has 0 aliphatic rings. The standard InChI is InChI=1S/C19H18N4OS/c1-14-3-8-18-21-15(12-22(18)11-14)13-25-19-20-9-10-23(19)16-4-6-17(24-2)7-5-16/h3-12H,13H2,1-2H3. The van der Waals surface area contributed by atoms with Gasteiger partial charge in [0.1, 0.15) is 11.4 Å². The van der Waals surface area contributed by atoms with Gasteiger partial charge >= 0.3 is 0 Å². The lowest BCUT2D eigenvalue weighted by molar-refractivity contribution is 0.414. The summed E-state index contributed by atoms with van der Waals surface area (Å²) in [5, 5.41) is 0.943. The number of ether oxygens (including phenoxy) is 1. The van der Waals surface area contributed by atoms with Crippen LogP contribution in [-0.4, -0.2) is 26.0 Å². The molecule has 6 heteroatoms. The zero-order valence-electron chi connectivity index (χ0n) is 14.1. The van der Waals surface area contributed by atoms with Crippen molar-refractivity contribution in [1.29, 1.82) is 0 Å². The smallest absolute Gasteiger partial charge is 0.172 e. The lowest BCUT2D eigenvalue weighted by Gasteiger charge is -2.07. The summed E-state index contributed by atoms with van der Waals surface area (Å²) in [6, 6.07) is 12.1. The monoisotopic (exact) mass is 350 g/mol. The number of imidazole rings is 2. The van der Waals surface area contributed by atoms with E-state index in [1.165, 1.54) is 5.56 Å². The molecule has 0 aliphatic heterocycles. The Morgan fingerprint density at radius 2 is 1.92 bits per heavy atom. The molecule has 0 bridgehead atoms. The molecule has 0 radical (unpaired) electrons. The van der Waals surface area contributed by atoms with E-state index in [2.05, 4.69) is 44.3 Å². The molecule has 3 heterocycles. The minimum atomic E-state index is 0.772. The molecule has 4 aromatic rings. The fourth-order valence-corrected chi connectivity index (χ4v) is 3.56. The molecule has 0 saturated carbocycles. The topological polar surface area (TPSA) is 44.4 Å². The van der Waals surface area contributed by atoms with Crippen LogP contribution in [0.25, 0.3) is 11.3 Å². The summed E-state index contributed by atoms with van der Waals surface area (Å²) in [5.41, 5.74) is 4.30. The predicted octanol–water partition coefficient (Wildman–Crippen LogP) is 4.13. The summed E-state index contributed by atoms with van der Waals surface area (Å²) in [7, 11) is 1.67. The molecular weight excluding hydrogens is 332 g/mol. The van der Waals surface area contributed by atoms with Crippen molar-refractivity contribution in [3.63, 3.8) is 0 Å². The van der Waals surface area contributed by atoms with E-state index >= 15 is 0 Å². The minimum Gasteiger partial charge on any atom is -0.497 e. The molecule has 0 aliphatic carbocycles. The number of aromatic nitrogens is 4. The van der Waals surface area contributed by atoms with Crippen LogP contribution >= 0.6 is 11.8 Å². The Kier molecular flexibility index (Phi) is 4.19. The highest BCUT2D eigenvalue weighted by atomic mass is 32.2. The predicted molar refractivity (Wildman–Crippen MR) is 99.6 cm³/mol. The second-order valence-electron chi connectivity index (χ2n) is 5.77. The van der Waals surface area contributed by atoms with Crippen LogP contribution in [0.5, 0.6) is 5.75 Å². The average molecular weight is 350 g/mol. The minimum absolute atomic E-state index is 0.772. The number of aryl methyl sites for hydroxylation is 1. The molecule has 0 atom stereocenters. The van der Waals surface area contributed by atoms with E-state index in [-0.39, 0.29) is 0 Å². The highest BCUT2D eigenvalue weighted by molar-refractivity contribution is 7.98. The van der Waals surface area contributed by atoms with Crippen molar-refractivity contribution in [3.05, 3.63) is 72.4 Å². The number of fused-ring (bicyclic) bond motifs is 1. The summed E-state index contributed by atoms with van der Waals surface area (Å²) in [4.78, 5) is 9.15. The third-order valence-electron chi connectivity index (χ3n) is 3.96. The summed E-state index contributed by atoms with van der Waals surface area (Å²) in [6.07, 6.45) is 7.96. The second-order valence-corrected chi connectivity index (χ2v) is 6.71. The van der Waals surface area contributed by atoms with Crippen molar-refractivity contribution in [2.45, 2.75) is 17.8 Å². The Morgan fingerprint density at radius 1 is 1.08 bits per heavy atom.